The molecule has 0 saturated heterocycles. The first-order chi connectivity index (χ1) is 19.6. The third-order valence-corrected chi connectivity index (χ3v) is 7.87. The van der Waals surface area contributed by atoms with Crippen molar-refractivity contribution in [1.82, 2.24) is 24.9 Å². The van der Waals surface area contributed by atoms with Crippen molar-refractivity contribution in [2.45, 2.75) is 19.3 Å². The third kappa shape index (κ3) is 3.32. The largest absolute Gasteiger partial charge is 0.455 e. The first-order valence-electron chi connectivity index (χ1n) is 13.3. The molecule has 3 aromatic carbocycles. The summed E-state index contributed by atoms with van der Waals surface area (Å²) in [6, 6.07) is 30.7. The molecule has 0 fully saturated rings. The molecule has 0 bridgehead atoms. The van der Waals surface area contributed by atoms with E-state index in [1.54, 1.807) is 12.4 Å². The molecule has 0 amide bonds. The van der Waals surface area contributed by atoms with E-state index in [1.807, 2.05) is 48.5 Å². The Labute approximate surface area is 230 Å². The maximum Gasteiger partial charge on any atom is 0.182 e. The van der Waals surface area contributed by atoms with Gasteiger partial charge in [-0.05, 0) is 64.7 Å². The van der Waals surface area contributed by atoms with Gasteiger partial charge in [-0.3, -0.25) is 9.97 Å². The summed E-state index contributed by atoms with van der Waals surface area (Å²) < 4.78 is 6.61. The summed E-state index contributed by atoms with van der Waals surface area (Å²) in [5.41, 5.74) is 8.78. The number of pyridine rings is 2. The van der Waals surface area contributed by atoms with Gasteiger partial charge in [-0.1, -0.05) is 62.4 Å². The van der Waals surface area contributed by atoms with Gasteiger partial charge in [-0.25, -0.2) is 15.0 Å². The number of hydrogen-bond donors (Lipinski definition) is 0. The van der Waals surface area contributed by atoms with Gasteiger partial charge in [0.05, 0.1) is 5.56 Å². The summed E-state index contributed by atoms with van der Waals surface area (Å²) in [5, 5.41) is 2.10. The lowest BCUT2D eigenvalue weighted by Gasteiger charge is -2.21. The highest BCUT2D eigenvalue weighted by molar-refractivity contribution is 6.11. The van der Waals surface area contributed by atoms with E-state index >= 15 is 0 Å². The highest BCUT2D eigenvalue weighted by Gasteiger charge is 2.36. The zero-order valence-corrected chi connectivity index (χ0v) is 22.0. The van der Waals surface area contributed by atoms with E-state index in [1.165, 1.54) is 22.3 Å². The molecule has 190 valence electrons. The highest BCUT2D eigenvalue weighted by Crippen LogP contribution is 2.51. The molecule has 4 aromatic heterocycles. The van der Waals surface area contributed by atoms with E-state index in [-0.39, 0.29) is 5.41 Å². The maximum atomic E-state index is 6.61. The Balaban J connectivity index is 1.37. The molecular formula is C34H23N5O. The van der Waals surface area contributed by atoms with Crippen LogP contribution in [0.2, 0.25) is 0 Å². The summed E-state index contributed by atoms with van der Waals surface area (Å²) in [5.74, 6) is 1.48. The number of nitrogens with zero attached hydrogens (tertiary/aromatic N) is 5. The van der Waals surface area contributed by atoms with Crippen molar-refractivity contribution in [1.29, 1.82) is 0 Å². The molecule has 0 saturated carbocycles. The molecule has 0 radical (unpaired) electrons. The summed E-state index contributed by atoms with van der Waals surface area (Å²) in [4.78, 5) is 23.4. The fraction of sp³-hybridized carbons (Fsp3) is 0.0882. The molecule has 1 aliphatic rings. The highest BCUT2D eigenvalue weighted by atomic mass is 16.3. The third-order valence-electron chi connectivity index (χ3n) is 7.87. The quantitative estimate of drug-likeness (QED) is 0.237. The zero-order chi connectivity index (χ0) is 26.8. The second-order valence-electron chi connectivity index (χ2n) is 10.6. The van der Waals surface area contributed by atoms with Gasteiger partial charge in [0, 0.05) is 28.6 Å². The van der Waals surface area contributed by atoms with Gasteiger partial charge in [-0.15, -0.1) is 0 Å². The first kappa shape index (κ1) is 22.7. The van der Waals surface area contributed by atoms with Crippen LogP contribution in [-0.4, -0.2) is 24.9 Å². The van der Waals surface area contributed by atoms with E-state index in [9.17, 15) is 0 Å². The van der Waals surface area contributed by atoms with Crippen LogP contribution in [0.3, 0.4) is 0 Å². The van der Waals surface area contributed by atoms with E-state index < -0.39 is 0 Å². The fourth-order valence-corrected chi connectivity index (χ4v) is 5.88. The Morgan fingerprint density at radius 2 is 1.20 bits per heavy atom. The minimum atomic E-state index is -0.106. The van der Waals surface area contributed by atoms with Crippen LogP contribution < -0.4 is 0 Å². The van der Waals surface area contributed by atoms with Crippen molar-refractivity contribution in [3.05, 3.63) is 115 Å². The van der Waals surface area contributed by atoms with Gasteiger partial charge < -0.3 is 4.42 Å². The number of benzene rings is 3. The standard InChI is InChI=1S/C34H23N5O/c1-34(2)25-13-4-3-10-20(25)23-18-24-21-11-9-12-22(30(21)40-29(24)19-26(23)34)31-37-32(27-14-5-7-16-35-27)39-33(38-31)28-15-6-8-17-36-28/h3-19H,1-2H3. The molecule has 7 aromatic rings. The number of furan rings is 1. The van der Waals surface area contributed by atoms with Crippen molar-refractivity contribution in [3.8, 4) is 45.6 Å². The summed E-state index contributed by atoms with van der Waals surface area (Å²) >= 11 is 0. The van der Waals surface area contributed by atoms with Crippen LogP contribution in [0.4, 0.5) is 0 Å². The second-order valence-corrected chi connectivity index (χ2v) is 10.6. The molecular weight excluding hydrogens is 494 g/mol. The average Bonchev–Trinajstić information content (AvgIpc) is 3.49. The molecule has 0 unspecified atom stereocenters. The zero-order valence-electron chi connectivity index (χ0n) is 22.0. The van der Waals surface area contributed by atoms with Gasteiger partial charge in [0.2, 0.25) is 0 Å². The Kier molecular flexibility index (Phi) is 4.76. The van der Waals surface area contributed by atoms with Crippen molar-refractivity contribution < 1.29 is 4.42 Å². The van der Waals surface area contributed by atoms with Crippen LogP contribution in [0.15, 0.2) is 108 Å². The number of hydrogen-bond acceptors (Lipinski definition) is 6. The van der Waals surface area contributed by atoms with E-state index in [0.29, 0.717) is 28.9 Å². The van der Waals surface area contributed by atoms with Gasteiger partial charge in [0.1, 0.15) is 22.6 Å². The second kappa shape index (κ2) is 8.38. The molecule has 0 N–H and O–H groups in total. The number of rotatable bonds is 3. The Morgan fingerprint density at radius 3 is 1.90 bits per heavy atom. The predicted octanol–water partition coefficient (Wildman–Crippen LogP) is 7.87. The van der Waals surface area contributed by atoms with Gasteiger partial charge >= 0.3 is 0 Å². The smallest absolute Gasteiger partial charge is 0.182 e. The molecule has 0 spiro atoms. The lowest BCUT2D eigenvalue weighted by atomic mass is 9.82. The van der Waals surface area contributed by atoms with Crippen LogP contribution in [0.5, 0.6) is 0 Å². The SMILES string of the molecule is CC1(C)c2ccccc2-c2cc3c(cc21)oc1c(-c2nc(-c4ccccn4)nc(-c4ccccn4)n2)cccc13. The minimum Gasteiger partial charge on any atom is -0.455 e. The molecule has 8 rings (SSSR count). The maximum absolute atomic E-state index is 6.61. The van der Waals surface area contributed by atoms with Crippen LogP contribution in [0.25, 0.3) is 67.5 Å². The van der Waals surface area contributed by atoms with E-state index in [0.717, 1.165) is 27.5 Å². The van der Waals surface area contributed by atoms with Crippen molar-refractivity contribution in [3.63, 3.8) is 0 Å². The molecule has 1 aliphatic carbocycles. The Morgan fingerprint density at radius 1 is 0.550 bits per heavy atom. The van der Waals surface area contributed by atoms with Gasteiger partial charge in [0.25, 0.3) is 0 Å². The lowest BCUT2D eigenvalue weighted by Crippen LogP contribution is -2.14. The molecule has 40 heavy (non-hydrogen) atoms. The van der Waals surface area contributed by atoms with Crippen LogP contribution in [0.1, 0.15) is 25.0 Å². The van der Waals surface area contributed by atoms with Crippen molar-refractivity contribution in [2.24, 2.45) is 0 Å². The number of para-hydroxylation sites is 1. The first-order valence-corrected chi connectivity index (χ1v) is 13.3. The Bertz CT molecular complexity index is 2020. The lowest BCUT2D eigenvalue weighted by molar-refractivity contribution is 0.647. The Hall–Kier alpha value is -5.23. The molecule has 6 heteroatoms. The molecule has 4 heterocycles. The monoisotopic (exact) mass is 517 g/mol. The normalized spacial score (nSPS) is 13.4. The number of aromatic nitrogens is 5. The average molecular weight is 518 g/mol. The minimum absolute atomic E-state index is 0.106. The van der Waals surface area contributed by atoms with Crippen LogP contribution in [-0.2, 0) is 5.41 Å². The summed E-state index contributed by atoms with van der Waals surface area (Å²) in [6.45, 7) is 4.56. The fourth-order valence-electron chi connectivity index (χ4n) is 5.88. The summed E-state index contributed by atoms with van der Waals surface area (Å²) in [7, 11) is 0. The van der Waals surface area contributed by atoms with Gasteiger partial charge in [0.15, 0.2) is 17.5 Å². The topological polar surface area (TPSA) is 77.6 Å². The molecule has 6 nitrogen and oxygen atoms in total. The van der Waals surface area contributed by atoms with Crippen LogP contribution >= 0.6 is 0 Å². The number of fused-ring (bicyclic) bond motifs is 6. The van der Waals surface area contributed by atoms with Crippen molar-refractivity contribution >= 4 is 21.9 Å². The predicted molar refractivity (Wildman–Crippen MR) is 157 cm³/mol. The summed E-state index contributed by atoms with van der Waals surface area (Å²) in [6.07, 6.45) is 3.47. The molecule has 0 aliphatic heterocycles. The molecule has 0 atom stereocenters. The van der Waals surface area contributed by atoms with Crippen molar-refractivity contribution in [2.75, 3.05) is 0 Å². The van der Waals surface area contributed by atoms with Crippen LogP contribution in [0, 0.1) is 0 Å². The van der Waals surface area contributed by atoms with E-state index in [2.05, 4.69) is 66.3 Å². The van der Waals surface area contributed by atoms with Gasteiger partial charge in [-0.2, -0.15) is 0 Å². The van der Waals surface area contributed by atoms with E-state index in [4.69, 9.17) is 19.4 Å².